The Labute approximate surface area is 223 Å². The number of fused-ring (bicyclic) bond motifs is 2. The number of ether oxygens (including phenoxy) is 2. The molecule has 188 valence electrons. The average molecular weight is 536 g/mol. The van der Waals surface area contributed by atoms with Gasteiger partial charge < -0.3 is 13.9 Å². The number of nitrogens with zero attached hydrogens (tertiary/aromatic N) is 1. The Morgan fingerprint density at radius 2 is 1.84 bits per heavy atom. The summed E-state index contributed by atoms with van der Waals surface area (Å²) in [6.45, 7) is 8.13. The first kappa shape index (κ1) is 24.9. The minimum absolute atomic E-state index is 0.0218. The van der Waals surface area contributed by atoms with E-state index in [2.05, 4.69) is 6.58 Å². The zero-order valence-electron chi connectivity index (χ0n) is 20.2. The van der Waals surface area contributed by atoms with Crippen LogP contribution >= 0.6 is 23.2 Å². The Hall–Kier alpha value is -3.74. The molecule has 1 unspecified atom stereocenters. The van der Waals surface area contributed by atoms with Crippen molar-refractivity contribution in [2.24, 2.45) is 0 Å². The van der Waals surface area contributed by atoms with Crippen LogP contribution in [0, 0.1) is 6.92 Å². The molecule has 3 aromatic carbocycles. The number of carbonyl (C=O) groups excluding carboxylic acids is 1. The molecule has 8 heteroatoms. The van der Waals surface area contributed by atoms with Gasteiger partial charge in [-0.25, -0.2) is 0 Å². The first-order valence-electron chi connectivity index (χ1n) is 11.7. The van der Waals surface area contributed by atoms with Gasteiger partial charge in [0.25, 0.3) is 5.91 Å². The van der Waals surface area contributed by atoms with Crippen LogP contribution in [0.1, 0.15) is 40.2 Å². The molecule has 1 atom stereocenters. The zero-order chi connectivity index (χ0) is 26.3. The Morgan fingerprint density at radius 1 is 1.03 bits per heavy atom. The second-order valence-corrected chi connectivity index (χ2v) is 9.41. The molecule has 5 rings (SSSR count). The Balaban J connectivity index is 1.77. The summed E-state index contributed by atoms with van der Waals surface area (Å²) in [7, 11) is 0. The lowest BCUT2D eigenvalue weighted by Gasteiger charge is -2.26. The largest absolute Gasteiger partial charge is 0.490 e. The molecule has 0 aliphatic carbocycles. The number of anilines is 1. The second kappa shape index (κ2) is 9.96. The highest BCUT2D eigenvalue weighted by Crippen LogP contribution is 2.44. The maximum Gasteiger partial charge on any atom is 0.295 e. The van der Waals surface area contributed by atoms with E-state index in [0.29, 0.717) is 51.4 Å². The van der Waals surface area contributed by atoms with Gasteiger partial charge in [0.05, 0.1) is 23.6 Å². The molecule has 2 heterocycles. The van der Waals surface area contributed by atoms with Crippen molar-refractivity contribution in [2.75, 3.05) is 18.1 Å². The van der Waals surface area contributed by atoms with Crippen LogP contribution in [0.3, 0.4) is 0 Å². The molecule has 6 nitrogen and oxygen atoms in total. The number of hydrogen-bond acceptors (Lipinski definition) is 5. The number of benzene rings is 3. The molecule has 0 fully saturated rings. The van der Waals surface area contributed by atoms with Gasteiger partial charge >= 0.3 is 0 Å². The first-order valence-corrected chi connectivity index (χ1v) is 12.5. The van der Waals surface area contributed by atoms with Crippen molar-refractivity contribution in [1.82, 2.24) is 0 Å². The lowest BCUT2D eigenvalue weighted by molar-refractivity contribution is 0.0971. The molecule has 1 aliphatic heterocycles. The predicted molar refractivity (Wildman–Crippen MR) is 146 cm³/mol. The fraction of sp³-hybridized carbons (Fsp3) is 0.172. The van der Waals surface area contributed by atoms with Crippen LogP contribution in [0.25, 0.3) is 11.0 Å². The summed E-state index contributed by atoms with van der Waals surface area (Å²) in [5, 5.41) is 1.19. The molecule has 0 saturated carbocycles. The van der Waals surface area contributed by atoms with Crippen molar-refractivity contribution in [3.8, 4) is 11.5 Å². The van der Waals surface area contributed by atoms with Gasteiger partial charge in [0.2, 0.25) is 5.76 Å². The van der Waals surface area contributed by atoms with Gasteiger partial charge in [-0.3, -0.25) is 14.5 Å². The van der Waals surface area contributed by atoms with E-state index in [0.717, 1.165) is 5.56 Å². The number of amides is 1. The third-order valence-electron chi connectivity index (χ3n) is 6.21. The summed E-state index contributed by atoms with van der Waals surface area (Å²) in [6, 6.07) is 14.6. The van der Waals surface area contributed by atoms with E-state index in [9.17, 15) is 9.59 Å². The van der Waals surface area contributed by atoms with Crippen molar-refractivity contribution in [3.05, 3.63) is 110 Å². The molecular formula is C29H23Cl2NO5. The summed E-state index contributed by atoms with van der Waals surface area (Å²) < 4.78 is 17.6. The third-order valence-corrected chi connectivity index (χ3v) is 6.85. The summed E-state index contributed by atoms with van der Waals surface area (Å²) in [4.78, 5) is 29.2. The van der Waals surface area contributed by atoms with Crippen molar-refractivity contribution >= 4 is 45.8 Å². The van der Waals surface area contributed by atoms with Gasteiger partial charge in [-0.15, -0.1) is 0 Å². The van der Waals surface area contributed by atoms with Gasteiger partial charge in [-0.2, -0.15) is 0 Å². The maximum atomic E-state index is 13.8. The highest BCUT2D eigenvalue weighted by molar-refractivity contribution is 6.32. The maximum absolute atomic E-state index is 13.8. The van der Waals surface area contributed by atoms with Crippen LogP contribution in [-0.2, 0) is 0 Å². The molecule has 1 aromatic heterocycles. The fourth-order valence-electron chi connectivity index (χ4n) is 4.49. The summed E-state index contributed by atoms with van der Waals surface area (Å²) in [5.41, 5.74) is 2.21. The SMILES string of the molecule is C=CCOc1ccc(C2c3c(oc4ccc(Cl)cc4c3=O)C(=O)N2c2ccc(C)c(Cl)c2)cc1OCC. The highest BCUT2D eigenvalue weighted by Gasteiger charge is 2.44. The minimum Gasteiger partial charge on any atom is -0.490 e. The molecule has 0 N–H and O–H groups in total. The van der Waals surface area contributed by atoms with Gasteiger partial charge in [-0.05, 0) is 67.4 Å². The van der Waals surface area contributed by atoms with E-state index in [1.165, 1.54) is 4.90 Å². The zero-order valence-corrected chi connectivity index (χ0v) is 21.7. The predicted octanol–water partition coefficient (Wildman–Crippen LogP) is 7.12. The van der Waals surface area contributed by atoms with Gasteiger partial charge in [0.1, 0.15) is 12.2 Å². The summed E-state index contributed by atoms with van der Waals surface area (Å²) >= 11 is 12.6. The van der Waals surface area contributed by atoms with Gasteiger partial charge in [0.15, 0.2) is 16.9 Å². The smallest absolute Gasteiger partial charge is 0.295 e. The molecule has 37 heavy (non-hydrogen) atoms. The summed E-state index contributed by atoms with van der Waals surface area (Å²) in [5.74, 6) is 0.542. The number of hydrogen-bond donors (Lipinski definition) is 0. The van der Waals surface area contributed by atoms with Crippen LogP contribution in [0.5, 0.6) is 11.5 Å². The number of halogens is 2. The molecule has 1 aliphatic rings. The van der Waals surface area contributed by atoms with Crippen LogP contribution in [0.2, 0.25) is 10.0 Å². The first-order chi connectivity index (χ1) is 17.8. The van der Waals surface area contributed by atoms with E-state index >= 15 is 0 Å². The molecule has 0 radical (unpaired) electrons. The number of carbonyl (C=O) groups is 1. The molecule has 0 bridgehead atoms. The quantitative estimate of drug-likeness (QED) is 0.235. The van der Waals surface area contributed by atoms with E-state index < -0.39 is 11.9 Å². The van der Waals surface area contributed by atoms with Crippen LogP contribution < -0.4 is 19.8 Å². The lowest BCUT2D eigenvalue weighted by Crippen LogP contribution is -2.29. The normalized spacial score (nSPS) is 14.6. The third kappa shape index (κ3) is 4.37. The van der Waals surface area contributed by atoms with E-state index in [4.69, 9.17) is 37.1 Å². The van der Waals surface area contributed by atoms with Crippen molar-refractivity contribution in [2.45, 2.75) is 19.9 Å². The molecule has 4 aromatic rings. The molecule has 0 saturated heterocycles. The van der Waals surface area contributed by atoms with E-state index in [-0.39, 0.29) is 22.3 Å². The van der Waals surface area contributed by atoms with Crippen LogP contribution in [-0.4, -0.2) is 19.1 Å². The van der Waals surface area contributed by atoms with Gasteiger partial charge in [0, 0.05) is 15.7 Å². The number of rotatable bonds is 7. The van der Waals surface area contributed by atoms with Crippen LogP contribution in [0.15, 0.2) is 76.5 Å². The van der Waals surface area contributed by atoms with Gasteiger partial charge in [-0.1, -0.05) is 48.0 Å². The average Bonchev–Trinajstić information content (AvgIpc) is 3.18. The topological polar surface area (TPSA) is 69.0 Å². The Bertz CT molecular complexity index is 1610. The van der Waals surface area contributed by atoms with E-state index in [1.807, 2.05) is 19.9 Å². The Kier molecular flexibility index (Phi) is 6.71. The fourth-order valence-corrected chi connectivity index (χ4v) is 4.84. The van der Waals surface area contributed by atoms with Crippen molar-refractivity contribution in [3.63, 3.8) is 0 Å². The number of aryl methyl sites for hydroxylation is 1. The highest BCUT2D eigenvalue weighted by atomic mass is 35.5. The van der Waals surface area contributed by atoms with Crippen molar-refractivity contribution < 1.29 is 18.7 Å². The van der Waals surface area contributed by atoms with Crippen molar-refractivity contribution in [1.29, 1.82) is 0 Å². The lowest BCUT2D eigenvalue weighted by atomic mass is 9.97. The molecule has 0 spiro atoms. The summed E-state index contributed by atoms with van der Waals surface area (Å²) in [6.07, 6.45) is 1.64. The monoisotopic (exact) mass is 535 g/mol. The second-order valence-electron chi connectivity index (χ2n) is 8.56. The Morgan fingerprint density at radius 3 is 2.57 bits per heavy atom. The minimum atomic E-state index is -0.798. The standard InChI is InChI=1S/C29H23Cl2NO5/c1-4-12-36-23-10-7-17(13-24(23)35-5-2)26-25-27(33)20-14-18(30)8-11-22(20)37-28(25)29(34)32(26)19-9-6-16(3)21(31)15-19/h4,6-11,13-15,26H,1,5,12H2,2-3H3. The molecule has 1 amide bonds. The molecular weight excluding hydrogens is 513 g/mol. The van der Waals surface area contributed by atoms with E-state index in [1.54, 1.807) is 54.6 Å². The van der Waals surface area contributed by atoms with Crippen LogP contribution in [0.4, 0.5) is 5.69 Å².